The largest absolute Gasteiger partial charge is 0.508 e. The minimum atomic E-state index is -1.10. The smallest absolute Gasteiger partial charge is 0.259 e. The van der Waals surface area contributed by atoms with E-state index in [-0.39, 0.29) is 5.75 Å². The van der Waals surface area contributed by atoms with Gasteiger partial charge in [-0.15, -0.1) is 0 Å². The molecule has 4 aromatic rings. The highest BCUT2D eigenvalue weighted by Gasteiger charge is 2.33. The number of phenolic OH excluding ortho intramolecular Hbond substituents is 1. The minimum absolute atomic E-state index is 0.0825. The van der Waals surface area contributed by atoms with E-state index in [2.05, 4.69) is 10.3 Å². The highest BCUT2D eigenvalue weighted by Crippen LogP contribution is 2.39. The highest BCUT2D eigenvalue weighted by atomic mass is 32.2. The van der Waals surface area contributed by atoms with Crippen molar-refractivity contribution in [2.75, 3.05) is 6.26 Å². The molecule has 0 aliphatic carbocycles. The van der Waals surface area contributed by atoms with Crippen molar-refractivity contribution in [2.45, 2.75) is 4.90 Å². The standard InChI is InChI=1S/C21H14N2O4S/c1-28(27)12-5-2-10(3-6-12)13-9-16-17(19-18(13)20(25)23-21(19)26)14-8-11(24)4-7-15(14)22-16/h2-9,22,24H,1H3,(H,23,25,26). The molecule has 0 bridgehead atoms. The number of phenols is 1. The van der Waals surface area contributed by atoms with Crippen molar-refractivity contribution in [3.8, 4) is 16.9 Å². The summed E-state index contributed by atoms with van der Waals surface area (Å²) in [4.78, 5) is 29.1. The van der Waals surface area contributed by atoms with Gasteiger partial charge in [0, 0.05) is 43.8 Å². The molecule has 6 nitrogen and oxygen atoms in total. The Kier molecular flexibility index (Phi) is 3.44. The van der Waals surface area contributed by atoms with Crippen LogP contribution in [0.1, 0.15) is 20.7 Å². The molecule has 1 aromatic heterocycles. The van der Waals surface area contributed by atoms with E-state index >= 15 is 0 Å². The van der Waals surface area contributed by atoms with Crippen LogP contribution in [-0.2, 0) is 10.8 Å². The van der Waals surface area contributed by atoms with Gasteiger partial charge < -0.3 is 10.1 Å². The molecule has 7 heteroatoms. The molecule has 0 saturated carbocycles. The predicted molar refractivity (Wildman–Crippen MR) is 107 cm³/mol. The first-order valence-electron chi connectivity index (χ1n) is 8.55. The van der Waals surface area contributed by atoms with Gasteiger partial charge in [0.2, 0.25) is 0 Å². The van der Waals surface area contributed by atoms with E-state index in [9.17, 15) is 18.9 Å². The first-order valence-corrected chi connectivity index (χ1v) is 10.1. The maximum atomic E-state index is 12.6. The van der Waals surface area contributed by atoms with Gasteiger partial charge in [0.1, 0.15) is 5.75 Å². The molecule has 138 valence electrons. The third kappa shape index (κ3) is 2.30. The first kappa shape index (κ1) is 16.7. The number of aromatic hydroxyl groups is 1. The second-order valence-electron chi connectivity index (χ2n) is 6.71. The molecule has 2 amide bonds. The summed E-state index contributed by atoms with van der Waals surface area (Å²) in [7, 11) is -1.10. The van der Waals surface area contributed by atoms with Crippen LogP contribution in [0.15, 0.2) is 53.4 Å². The van der Waals surface area contributed by atoms with E-state index in [1.165, 1.54) is 0 Å². The fourth-order valence-corrected chi connectivity index (χ4v) is 4.32. The summed E-state index contributed by atoms with van der Waals surface area (Å²) >= 11 is 0. The van der Waals surface area contributed by atoms with Crippen molar-refractivity contribution in [1.82, 2.24) is 10.3 Å². The lowest BCUT2D eigenvalue weighted by Crippen LogP contribution is -2.20. The second-order valence-corrected chi connectivity index (χ2v) is 8.09. The molecule has 1 aliphatic rings. The van der Waals surface area contributed by atoms with E-state index < -0.39 is 22.6 Å². The normalized spacial score (nSPS) is 14.5. The number of rotatable bonds is 2. The number of hydrogen-bond donors (Lipinski definition) is 3. The van der Waals surface area contributed by atoms with E-state index in [4.69, 9.17) is 0 Å². The number of hydrogen-bond acceptors (Lipinski definition) is 4. The van der Waals surface area contributed by atoms with Gasteiger partial charge in [0.15, 0.2) is 0 Å². The van der Waals surface area contributed by atoms with Crippen LogP contribution in [0.5, 0.6) is 5.75 Å². The van der Waals surface area contributed by atoms with E-state index in [1.54, 1.807) is 48.7 Å². The molecule has 1 atom stereocenters. The highest BCUT2D eigenvalue weighted by molar-refractivity contribution is 7.84. The lowest BCUT2D eigenvalue weighted by molar-refractivity contribution is 0.0880. The van der Waals surface area contributed by atoms with E-state index in [0.29, 0.717) is 37.9 Å². The fraction of sp³-hybridized carbons (Fsp3) is 0.0476. The zero-order chi connectivity index (χ0) is 19.6. The average Bonchev–Trinajstić information content (AvgIpc) is 3.17. The van der Waals surface area contributed by atoms with Gasteiger partial charge in [-0.05, 0) is 47.5 Å². The van der Waals surface area contributed by atoms with Crippen LogP contribution < -0.4 is 5.32 Å². The van der Waals surface area contributed by atoms with Crippen molar-refractivity contribution in [3.63, 3.8) is 0 Å². The Labute approximate surface area is 161 Å². The topological polar surface area (TPSA) is 99.3 Å². The summed E-state index contributed by atoms with van der Waals surface area (Å²) in [5.74, 6) is -0.823. The summed E-state index contributed by atoms with van der Waals surface area (Å²) in [6.07, 6.45) is 1.60. The number of aromatic amines is 1. The summed E-state index contributed by atoms with van der Waals surface area (Å²) in [6, 6.07) is 13.8. The minimum Gasteiger partial charge on any atom is -0.508 e. The Morgan fingerprint density at radius 1 is 0.893 bits per heavy atom. The Bertz CT molecular complexity index is 1350. The molecule has 0 radical (unpaired) electrons. The van der Waals surface area contributed by atoms with Gasteiger partial charge >= 0.3 is 0 Å². The van der Waals surface area contributed by atoms with Crippen molar-refractivity contribution >= 4 is 44.4 Å². The van der Waals surface area contributed by atoms with Gasteiger partial charge in [-0.3, -0.25) is 19.1 Å². The Balaban J connectivity index is 1.87. The molecule has 0 saturated heterocycles. The van der Waals surface area contributed by atoms with Crippen LogP contribution in [-0.4, -0.2) is 32.4 Å². The van der Waals surface area contributed by atoms with Gasteiger partial charge in [0.25, 0.3) is 11.8 Å². The number of amides is 2. The van der Waals surface area contributed by atoms with Gasteiger partial charge in [-0.2, -0.15) is 0 Å². The van der Waals surface area contributed by atoms with Crippen LogP contribution in [0.25, 0.3) is 32.9 Å². The number of aromatic nitrogens is 1. The molecule has 1 aliphatic heterocycles. The third-order valence-electron chi connectivity index (χ3n) is 5.05. The number of carbonyl (C=O) groups excluding carboxylic acids is 2. The van der Waals surface area contributed by atoms with E-state index in [0.717, 1.165) is 11.1 Å². The van der Waals surface area contributed by atoms with E-state index in [1.807, 2.05) is 6.07 Å². The first-order chi connectivity index (χ1) is 13.4. The Hall–Kier alpha value is -3.45. The monoisotopic (exact) mass is 390 g/mol. The van der Waals surface area contributed by atoms with Crippen LogP contribution in [0, 0.1) is 0 Å². The molecule has 2 heterocycles. The molecule has 3 N–H and O–H groups in total. The molecular formula is C21H14N2O4S. The molecule has 0 spiro atoms. The third-order valence-corrected chi connectivity index (χ3v) is 5.98. The van der Waals surface area contributed by atoms with Crippen LogP contribution in [0.3, 0.4) is 0 Å². The number of imide groups is 1. The number of fused-ring (bicyclic) bond motifs is 5. The van der Waals surface area contributed by atoms with Gasteiger partial charge in [-0.25, -0.2) is 0 Å². The van der Waals surface area contributed by atoms with Crippen molar-refractivity contribution < 1.29 is 18.9 Å². The maximum absolute atomic E-state index is 12.6. The lowest BCUT2D eigenvalue weighted by atomic mass is 9.93. The number of benzene rings is 3. The number of nitrogens with one attached hydrogen (secondary N) is 2. The maximum Gasteiger partial charge on any atom is 0.259 e. The molecule has 3 aromatic carbocycles. The van der Waals surface area contributed by atoms with Gasteiger partial charge in [0.05, 0.1) is 11.1 Å². The number of carbonyl (C=O) groups is 2. The summed E-state index contributed by atoms with van der Waals surface area (Å²) < 4.78 is 11.7. The molecule has 1 unspecified atom stereocenters. The quantitative estimate of drug-likeness (QED) is 0.457. The van der Waals surface area contributed by atoms with Crippen LogP contribution >= 0.6 is 0 Å². The van der Waals surface area contributed by atoms with Crippen molar-refractivity contribution in [2.24, 2.45) is 0 Å². The average molecular weight is 390 g/mol. The molecule has 28 heavy (non-hydrogen) atoms. The second kappa shape index (κ2) is 5.77. The van der Waals surface area contributed by atoms with Crippen LogP contribution in [0.2, 0.25) is 0 Å². The zero-order valence-electron chi connectivity index (χ0n) is 14.7. The lowest BCUT2D eigenvalue weighted by Gasteiger charge is -2.09. The van der Waals surface area contributed by atoms with Crippen molar-refractivity contribution in [3.05, 3.63) is 59.7 Å². The molecular weight excluding hydrogens is 376 g/mol. The van der Waals surface area contributed by atoms with Gasteiger partial charge in [-0.1, -0.05) is 12.1 Å². The summed E-state index contributed by atoms with van der Waals surface area (Å²) in [5, 5.41) is 13.5. The summed E-state index contributed by atoms with van der Waals surface area (Å²) in [6.45, 7) is 0. The molecule has 0 fully saturated rings. The van der Waals surface area contributed by atoms with Crippen molar-refractivity contribution in [1.29, 1.82) is 0 Å². The van der Waals surface area contributed by atoms with Crippen LogP contribution in [0.4, 0.5) is 0 Å². The summed E-state index contributed by atoms with van der Waals surface area (Å²) in [5.41, 5.74) is 3.44. The predicted octanol–water partition coefficient (Wildman–Crippen LogP) is 3.31. The number of H-pyrrole nitrogens is 1. The zero-order valence-corrected chi connectivity index (χ0v) is 15.5. The fourth-order valence-electron chi connectivity index (χ4n) is 3.80. The Morgan fingerprint density at radius 2 is 1.61 bits per heavy atom. The Morgan fingerprint density at radius 3 is 2.32 bits per heavy atom. The molecule has 5 rings (SSSR count). The SMILES string of the molecule is CS(=O)c1ccc(-c2cc3[nH]c4ccc(O)cc4c3c3c2C(=O)NC3=O)cc1.